The predicted octanol–water partition coefficient (Wildman–Crippen LogP) is 6.22. The van der Waals surface area contributed by atoms with Crippen molar-refractivity contribution in [1.82, 2.24) is 5.32 Å². The number of unbranched alkanes of at least 4 members (excludes halogenated alkanes) is 1. The topological polar surface area (TPSA) is 94.6 Å². The van der Waals surface area contributed by atoms with Gasteiger partial charge in [-0.2, -0.15) is 0 Å². The molecule has 0 unspecified atom stereocenters. The van der Waals surface area contributed by atoms with Crippen molar-refractivity contribution >= 4 is 23.2 Å². The smallest absolute Gasteiger partial charge is 0.251 e. The number of furan rings is 1. The number of nitrogens with two attached hydrogens (primary N) is 1. The Morgan fingerprint density at radius 3 is 2.49 bits per heavy atom. The van der Waals surface area contributed by atoms with E-state index < -0.39 is 0 Å². The van der Waals surface area contributed by atoms with Crippen LogP contribution in [0.2, 0.25) is 0 Å². The molecule has 6 nitrogen and oxygen atoms in total. The first-order valence-corrected chi connectivity index (χ1v) is 12.4. The number of hydrogen-bond acceptors (Lipinski definition) is 5. The molecule has 3 N–H and O–H groups in total. The van der Waals surface area contributed by atoms with Crippen molar-refractivity contribution in [2.45, 2.75) is 26.7 Å². The van der Waals surface area contributed by atoms with Crippen molar-refractivity contribution in [1.29, 1.82) is 0 Å². The zero-order valence-corrected chi connectivity index (χ0v) is 21.1. The molecule has 0 aliphatic rings. The maximum atomic E-state index is 13.4. The molecule has 0 spiro atoms. The molecule has 0 radical (unpaired) electrons. The average Bonchev–Trinajstić information content (AvgIpc) is 3.27. The first-order valence-electron chi connectivity index (χ1n) is 12.4. The van der Waals surface area contributed by atoms with E-state index in [1.54, 1.807) is 24.3 Å². The fourth-order valence-corrected chi connectivity index (χ4v) is 4.04. The van der Waals surface area contributed by atoms with Crippen LogP contribution in [0.25, 0.3) is 33.4 Å². The van der Waals surface area contributed by atoms with E-state index in [2.05, 4.69) is 5.32 Å². The van der Waals surface area contributed by atoms with Crippen LogP contribution >= 0.6 is 0 Å². The van der Waals surface area contributed by atoms with Crippen LogP contribution in [0.4, 0.5) is 4.39 Å². The molecule has 1 aromatic heterocycles. The highest BCUT2D eigenvalue weighted by atomic mass is 19.1. The van der Waals surface area contributed by atoms with E-state index in [4.69, 9.17) is 14.9 Å². The second kappa shape index (κ2) is 11.8. The summed E-state index contributed by atoms with van der Waals surface area (Å²) >= 11 is 0. The van der Waals surface area contributed by atoms with Gasteiger partial charge in [-0.05, 0) is 91.0 Å². The number of carbonyl (C=O) groups is 2. The van der Waals surface area contributed by atoms with E-state index in [1.165, 1.54) is 12.1 Å². The van der Waals surface area contributed by atoms with Gasteiger partial charge < -0.3 is 20.2 Å². The van der Waals surface area contributed by atoms with Crippen LogP contribution in [0.15, 0.2) is 65.1 Å². The van der Waals surface area contributed by atoms with Crippen molar-refractivity contribution in [2.24, 2.45) is 11.7 Å². The lowest BCUT2D eigenvalue weighted by Gasteiger charge is -2.13. The fourth-order valence-electron chi connectivity index (χ4n) is 4.04. The van der Waals surface area contributed by atoms with Gasteiger partial charge in [0, 0.05) is 23.1 Å². The summed E-state index contributed by atoms with van der Waals surface area (Å²) in [6.07, 6.45) is 2.41. The lowest BCUT2D eigenvalue weighted by Crippen LogP contribution is -2.27. The SMILES string of the molecule is CC(C)CNC(=O)c1cc(OCCCCN)cc(-c2ccc3oc(-c4ccc(F)cc4)c(C=O)c3c2)c1. The number of aldehydes is 1. The summed E-state index contributed by atoms with van der Waals surface area (Å²) < 4.78 is 25.3. The van der Waals surface area contributed by atoms with E-state index in [0.717, 1.165) is 30.3 Å². The summed E-state index contributed by atoms with van der Waals surface area (Å²) in [5, 5.41) is 3.59. The minimum Gasteiger partial charge on any atom is -0.494 e. The molecule has 0 atom stereocenters. The average molecular weight is 503 g/mol. The highest BCUT2D eigenvalue weighted by molar-refractivity contribution is 6.04. The molecular formula is C30H31FN2O4. The molecule has 0 saturated heterocycles. The molecule has 0 saturated carbocycles. The monoisotopic (exact) mass is 502 g/mol. The van der Waals surface area contributed by atoms with Gasteiger partial charge in [0.25, 0.3) is 5.91 Å². The molecule has 4 rings (SSSR count). The quantitative estimate of drug-likeness (QED) is 0.187. The van der Waals surface area contributed by atoms with Gasteiger partial charge in [-0.1, -0.05) is 19.9 Å². The van der Waals surface area contributed by atoms with Gasteiger partial charge in [-0.15, -0.1) is 0 Å². The van der Waals surface area contributed by atoms with Crippen molar-refractivity contribution < 1.29 is 23.1 Å². The number of carbonyl (C=O) groups excluding carboxylic acids is 2. The number of amides is 1. The van der Waals surface area contributed by atoms with Crippen LogP contribution in [-0.4, -0.2) is 31.9 Å². The first kappa shape index (κ1) is 26.1. The Morgan fingerprint density at radius 1 is 1.03 bits per heavy atom. The standard InChI is InChI=1S/C30H31FN2O4/c1-19(2)17-33-30(35)23-13-22(14-25(15-23)36-12-4-3-11-32)21-7-10-28-26(16-21)27(18-34)29(37-28)20-5-8-24(31)9-6-20/h5-10,13-16,18-19H,3-4,11-12,17,32H2,1-2H3,(H,33,35). The number of fused-ring (bicyclic) bond motifs is 1. The molecule has 0 aliphatic heterocycles. The summed E-state index contributed by atoms with van der Waals surface area (Å²) in [7, 11) is 0. The largest absolute Gasteiger partial charge is 0.494 e. The number of hydrogen-bond donors (Lipinski definition) is 2. The molecule has 0 bridgehead atoms. The van der Waals surface area contributed by atoms with Crippen LogP contribution < -0.4 is 15.8 Å². The van der Waals surface area contributed by atoms with Crippen LogP contribution in [0.3, 0.4) is 0 Å². The minimum atomic E-state index is -0.367. The fraction of sp³-hybridized carbons (Fsp3) is 0.267. The van der Waals surface area contributed by atoms with Crippen LogP contribution in [0.1, 0.15) is 47.4 Å². The lowest BCUT2D eigenvalue weighted by molar-refractivity contribution is 0.0948. The number of halogens is 1. The minimum absolute atomic E-state index is 0.182. The number of ether oxygens (including phenoxy) is 1. The van der Waals surface area contributed by atoms with Crippen LogP contribution in [-0.2, 0) is 0 Å². The summed E-state index contributed by atoms with van der Waals surface area (Å²) in [6, 6.07) is 16.8. The Balaban J connectivity index is 1.74. The van der Waals surface area contributed by atoms with Gasteiger partial charge in [0.15, 0.2) is 6.29 Å². The van der Waals surface area contributed by atoms with Gasteiger partial charge in [0.1, 0.15) is 22.9 Å². The van der Waals surface area contributed by atoms with Crippen molar-refractivity contribution in [2.75, 3.05) is 19.7 Å². The normalized spacial score (nSPS) is 11.2. The van der Waals surface area contributed by atoms with Crippen molar-refractivity contribution in [3.63, 3.8) is 0 Å². The molecule has 192 valence electrons. The molecule has 4 aromatic rings. The van der Waals surface area contributed by atoms with Crippen molar-refractivity contribution in [3.05, 3.63) is 77.6 Å². The van der Waals surface area contributed by atoms with E-state index >= 15 is 0 Å². The molecule has 1 heterocycles. The number of rotatable bonds is 11. The van der Waals surface area contributed by atoms with Crippen LogP contribution in [0, 0.1) is 11.7 Å². The second-order valence-electron chi connectivity index (χ2n) is 9.37. The molecule has 3 aromatic carbocycles. The molecule has 1 amide bonds. The Hall–Kier alpha value is -3.97. The third-order valence-electron chi connectivity index (χ3n) is 5.99. The Bertz CT molecular complexity index is 1390. The predicted molar refractivity (Wildman–Crippen MR) is 143 cm³/mol. The Labute approximate surface area is 215 Å². The lowest BCUT2D eigenvalue weighted by atomic mass is 9.99. The molecule has 0 aliphatic carbocycles. The maximum absolute atomic E-state index is 13.4. The summed E-state index contributed by atoms with van der Waals surface area (Å²) in [5.74, 6) is 0.735. The molecule has 0 fully saturated rings. The zero-order chi connectivity index (χ0) is 26.4. The molecule has 7 heteroatoms. The summed E-state index contributed by atoms with van der Waals surface area (Å²) in [4.78, 5) is 25.0. The van der Waals surface area contributed by atoms with Gasteiger partial charge in [0.05, 0.1) is 12.2 Å². The number of benzene rings is 3. The van der Waals surface area contributed by atoms with E-state index in [1.807, 2.05) is 38.1 Å². The Morgan fingerprint density at radius 2 is 1.78 bits per heavy atom. The highest BCUT2D eigenvalue weighted by Crippen LogP contribution is 2.36. The maximum Gasteiger partial charge on any atom is 0.251 e. The highest BCUT2D eigenvalue weighted by Gasteiger charge is 2.18. The third-order valence-corrected chi connectivity index (χ3v) is 5.99. The van der Waals surface area contributed by atoms with Crippen LogP contribution in [0.5, 0.6) is 5.75 Å². The van der Waals surface area contributed by atoms with Gasteiger partial charge in [-0.3, -0.25) is 9.59 Å². The number of nitrogens with one attached hydrogen (secondary N) is 1. The molecular weight excluding hydrogens is 471 g/mol. The summed E-state index contributed by atoms with van der Waals surface area (Å²) in [5.41, 5.74) is 9.17. The van der Waals surface area contributed by atoms with Gasteiger partial charge >= 0.3 is 0 Å². The summed E-state index contributed by atoms with van der Waals surface area (Å²) in [6.45, 7) is 5.72. The van der Waals surface area contributed by atoms with Gasteiger partial charge in [-0.25, -0.2) is 4.39 Å². The zero-order valence-electron chi connectivity index (χ0n) is 21.1. The van der Waals surface area contributed by atoms with E-state index in [0.29, 0.717) is 64.8 Å². The van der Waals surface area contributed by atoms with Gasteiger partial charge in [0.2, 0.25) is 0 Å². The van der Waals surface area contributed by atoms with Crippen molar-refractivity contribution in [3.8, 4) is 28.2 Å². The first-order chi connectivity index (χ1) is 17.9. The van der Waals surface area contributed by atoms with E-state index in [-0.39, 0.29) is 11.7 Å². The Kier molecular flexibility index (Phi) is 8.36. The van der Waals surface area contributed by atoms with E-state index in [9.17, 15) is 14.0 Å². The third kappa shape index (κ3) is 6.24. The second-order valence-corrected chi connectivity index (χ2v) is 9.37. The molecule has 37 heavy (non-hydrogen) atoms.